The van der Waals surface area contributed by atoms with Gasteiger partial charge in [-0.25, -0.2) is 0 Å². The zero-order valence-corrected chi connectivity index (χ0v) is 12.4. The molecule has 0 aromatic carbocycles. The maximum atomic E-state index is 12.1. The number of thiophene rings is 1. The molecule has 1 aromatic rings. The Labute approximate surface area is 112 Å². The van der Waals surface area contributed by atoms with E-state index in [0.717, 1.165) is 15.3 Å². The minimum absolute atomic E-state index is 0.00326. The predicted octanol–water partition coefficient (Wildman–Crippen LogP) is 1.57. The highest BCUT2D eigenvalue weighted by Crippen LogP contribution is 2.21. The lowest BCUT2D eigenvalue weighted by Gasteiger charge is -2.18. The normalized spacial score (nSPS) is 10.8. The highest BCUT2D eigenvalue weighted by Gasteiger charge is 2.16. The van der Waals surface area contributed by atoms with Crippen LogP contribution >= 0.6 is 11.3 Å². The molecule has 1 aromatic heterocycles. The van der Waals surface area contributed by atoms with Gasteiger partial charge >= 0.3 is 0 Å². The van der Waals surface area contributed by atoms with E-state index in [2.05, 4.69) is 0 Å². The quantitative estimate of drug-likeness (QED) is 0.761. The third-order valence-corrected chi connectivity index (χ3v) is 3.62. The van der Waals surface area contributed by atoms with E-state index < -0.39 is 0 Å². The fourth-order valence-corrected chi connectivity index (χ4v) is 2.61. The van der Waals surface area contributed by atoms with Crippen molar-refractivity contribution in [3.8, 4) is 0 Å². The summed E-state index contributed by atoms with van der Waals surface area (Å²) in [6, 6.07) is 1.92. The van der Waals surface area contributed by atoms with E-state index in [0.29, 0.717) is 0 Å². The molecule has 0 aliphatic carbocycles. The van der Waals surface area contributed by atoms with E-state index in [1.54, 1.807) is 37.4 Å². The molecule has 100 valence electrons. The number of nitrogens with zero attached hydrogens (tertiary/aromatic N) is 2. The van der Waals surface area contributed by atoms with Crippen molar-refractivity contribution in [2.45, 2.75) is 13.8 Å². The fraction of sp³-hybridized carbons (Fsp3) is 0.538. The summed E-state index contributed by atoms with van der Waals surface area (Å²) >= 11 is 1.63. The first-order valence-corrected chi connectivity index (χ1v) is 6.62. The van der Waals surface area contributed by atoms with Crippen LogP contribution in [0.4, 0.5) is 0 Å². The fourth-order valence-electron chi connectivity index (χ4n) is 1.67. The minimum Gasteiger partial charge on any atom is -0.348 e. The van der Waals surface area contributed by atoms with E-state index in [1.165, 1.54) is 4.90 Å². The van der Waals surface area contributed by atoms with Gasteiger partial charge in [0.05, 0.1) is 13.1 Å². The van der Waals surface area contributed by atoms with Gasteiger partial charge in [0.1, 0.15) is 0 Å². The van der Waals surface area contributed by atoms with E-state index in [1.807, 2.05) is 19.9 Å². The van der Waals surface area contributed by atoms with Gasteiger partial charge in [0.15, 0.2) is 5.78 Å². The standard InChI is InChI=1S/C13H20N2O2S/c1-9-6-11(10(2)18-9)12(16)7-15(5)8-13(17)14(3)4/h6H,7-8H2,1-5H3. The third kappa shape index (κ3) is 3.92. The summed E-state index contributed by atoms with van der Waals surface area (Å²) < 4.78 is 0. The lowest BCUT2D eigenvalue weighted by molar-refractivity contribution is -0.129. The maximum absolute atomic E-state index is 12.1. The Hall–Kier alpha value is -1.20. The lowest BCUT2D eigenvalue weighted by Crippen LogP contribution is -2.37. The summed E-state index contributed by atoms with van der Waals surface area (Å²) in [6.45, 7) is 4.49. The van der Waals surface area contributed by atoms with Crippen molar-refractivity contribution >= 4 is 23.0 Å². The molecule has 4 nitrogen and oxygen atoms in total. The molecular formula is C13H20N2O2S. The smallest absolute Gasteiger partial charge is 0.236 e. The number of likely N-dealkylation sites (N-methyl/N-ethyl adjacent to an activating group) is 2. The predicted molar refractivity (Wildman–Crippen MR) is 74.3 cm³/mol. The van der Waals surface area contributed by atoms with Crippen LogP contribution in [0.25, 0.3) is 0 Å². The maximum Gasteiger partial charge on any atom is 0.236 e. The highest BCUT2D eigenvalue weighted by molar-refractivity contribution is 7.12. The molecule has 0 fully saturated rings. The van der Waals surface area contributed by atoms with Crippen LogP contribution in [0.2, 0.25) is 0 Å². The minimum atomic E-state index is 0.00326. The lowest BCUT2D eigenvalue weighted by atomic mass is 10.1. The summed E-state index contributed by atoms with van der Waals surface area (Å²) in [7, 11) is 5.21. The second kappa shape index (κ2) is 6.11. The van der Waals surface area contributed by atoms with Crippen LogP contribution < -0.4 is 0 Å². The second-order valence-corrected chi connectivity index (χ2v) is 6.17. The van der Waals surface area contributed by atoms with Gasteiger partial charge in [0.25, 0.3) is 0 Å². The molecule has 0 saturated carbocycles. The van der Waals surface area contributed by atoms with Gasteiger partial charge in [-0.05, 0) is 27.0 Å². The first-order valence-electron chi connectivity index (χ1n) is 5.80. The average Bonchev–Trinajstić information content (AvgIpc) is 2.57. The Balaban J connectivity index is 2.60. The summed E-state index contributed by atoms with van der Waals surface area (Å²) in [6.07, 6.45) is 0. The van der Waals surface area contributed by atoms with E-state index in [-0.39, 0.29) is 24.8 Å². The Morgan fingerprint density at radius 2 is 1.78 bits per heavy atom. The van der Waals surface area contributed by atoms with Crippen molar-refractivity contribution in [2.75, 3.05) is 34.2 Å². The van der Waals surface area contributed by atoms with E-state index in [9.17, 15) is 9.59 Å². The largest absolute Gasteiger partial charge is 0.348 e. The van der Waals surface area contributed by atoms with Crippen LogP contribution in [-0.2, 0) is 4.79 Å². The highest BCUT2D eigenvalue weighted by atomic mass is 32.1. The number of ketones is 1. The monoisotopic (exact) mass is 268 g/mol. The van der Waals surface area contributed by atoms with Gasteiger partial charge in [0.2, 0.25) is 5.91 Å². The number of hydrogen-bond acceptors (Lipinski definition) is 4. The molecule has 0 atom stereocenters. The Kier molecular flexibility index (Phi) is 5.04. The number of Topliss-reactive ketones (excluding diaryl/α,β-unsaturated/α-hetero) is 1. The molecular weight excluding hydrogens is 248 g/mol. The Morgan fingerprint density at radius 1 is 1.17 bits per heavy atom. The van der Waals surface area contributed by atoms with Gasteiger partial charge in [-0.2, -0.15) is 0 Å². The van der Waals surface area contributed by atoms with Crippen LogP contribution in [0.5, 0.6) is 0 Å². The van der Waals surface area contributed by atoms with Crippen molar-refractivity contribution in [3.05, 3.63) is 21.4 Å². The molecule has 5 heteroatoms. The number of aryl methyl sites for hydroxylation is 2. The van der Waals surface area contributed by atoms with Crippen molar-refractivity contribution < 1.29 is 9.59 Å². The number of hydrogen-bond donors (Lipinski definition) is 0. The van der Waals surface area contributed by atoms with Gasteiger partial charge in [-0.15, -0.1) is 11.3 Å². The molecule has 18 heavy (non-hydrogen) atoms. The molecule has 1 rings (SSSR count). The molecule has 0 unspecified atom stereocenters. The third-order valence-electron chi connectivity index (χ3n) is 2.66. The molecule has 1 heterocycles. The molecule has 1 amide bonds. The van der Waals surface area contributed by atoms with Gasteiger partial charge in [-0.1, -0.05) is 0 Å². The average molecular weight is 268 g/mol. The molecule has 0 spiro atoms. The zero-order chi connectivity index (χ0) is 13.9. The number of carbonyl (C=O) groups excluding carboxylic acids is 2. The first-order chi connectivity index (χ1) is 8.31. The van der Waals surface area contributed by atoms with Crippen molar-refractivity contribution in [1.82, 2.24) is 9.80 Å². The van der Waals surface area contributed by atoms with Gasteiger partial charge < -0.3 is 4.90 Å². The van der Waals surface area contributed by atoms with E-state index in [4.69, 9.17) is 0 Å². The van der Waals surface area contributed by atoms with Crippen LogP contribution in [0.3, 0.4) is 0 Å². The number of rotatable bonds is 5. The summed E-state index contributed by atoms with van der Waals surface area (Å²) in [5, 5.41) is 0. The molecule has 0 saturated heterocycles. The number of carbonyl (C=O) groups is 2. The van der Waals surface area contributed by atoms with Crippen LogP contribution in [-0.4, -0.2) is 55.7 Å². The van der Waals surface area contributed by atoms with Crippen LogP contribution in [0.1, 0.15) is 20.1 Å². The first kappa shape index (κ1) is 14.9. The molecule has 0 radical (unpaired) electrons. The summed E-state index contributed by atoms with van der Waals surface area (Å²) in [4.78, 5) is 29.1. The van der Waals surface area contributed by atoms with Crippen molar-refractivity contribution in [2.24, 2.45) is 0 Å². The Bertz CT molecular complexity index is 452. The van der Waals surface area contributed by atoms with Crippen LogP contribution in [0.15, 0.2) is 6.07 Å². The molecule has 0 N–H and O–H groups in total. The summed E-state index contributed by atoms with van der Waals surface area (Å²) in [5.41, 5.74) is 0.779. The van der Waals surface area contributed by atoms with E-state index >= 15 is 0 Å². The van der Waals surface area contributed by atoms with Gasteiger partial charge in [0, 0.05) is 29.4 Å². The van der Waals surface area contributed by atoms with Crippen LogP contribution in [0, 0.1) is 13.8 Å². The molecule has 0 aliphatic rings. The second-order valence-electron chi connectivity index (χ2n) is 4.71. The summed E-state index contributed by atoms with van der Waals surface area (Å²) in [5.74, 6) is 0.0782. The SMILES string of the molecule is Cc1cc(C(=O)CN(C)CC(=O)N(C)C)c(C)s1. The molecule has 0 bridgehead atoms. The number of amides is 1. The van der Waals surface area contributed by atoms with Crippen molar-refractivity contribution in [1.29, 1.82) is 0 Å². The Morgan fingerprint density at radius 3 is 2.22 bits per heavy atom. The zero-order valence-electron chi connectivity index (χ0n) is 11.6. The molecule has 0 aliphatic heterocycles. The van der Waals surface area contributed by atoms with Gasteiger partial charge in [-0.3, -0.25) is 14.5 Å². The van der Waals surface area contributed by atoms with Crippen molar-refractivity contribution in [3.63, 3.8) is 0 Å². The topological polar surface area (TPSA) is 40.6 Å².